The first-order valence-corrected chi connectivity index (χ1v) is 7.37. The van der Waals surface area contributed by atoms with Gasteiger partial charge in [-0.05, 0) is 19.1 Å². The first kappa shape index (κ1) is 12.8. The van der Waals surface area contributed by atoms with Crippen molar-refractivity contribution >= 4 is 38.8 Å². The largest absolute Gasteiger partial charge is 0.459 e. The van der Waals surface area contributed by atoms with Crippen LogP contribution in [0.15, 0.2) is 28.2 Å². The Bertz CT molecular complexity index is 745. The third-order valence-corrected chi connectivity index (χ3v) is 4.29. The molecule has 0 saturated heterocycles. The van der Waals surface area contributed by atoms with Crippen LogP contribution in [-0.2, 0) is 0 Å². The number of hydrogen-bond donors (Lipinski definition) is 2. The molecule has 0 atom stereocenters. The second kappa shape index (κ2) is 5.06. The Morgan fingerprint density at radius 2 is 2.30 bits per heavy atom. The van der Waals surface area contributed by atoms with E-state index in [-0.39, 0.29) is 11.7 Å². The Morgan fingerprint density at radius 3 is 2.95 bits per heavy atom. The van der Waals surface area contributed by atoms with E-state index in [4.69, 9.17) is 10.2 Å². The molecule has 3 rings (SSSR count). The standard InChI is InChI=1S/C12H10N4O2S2/c1-6-9(7-5-19-11(13)15-7)20-12(14-6)16-10(17)8-3-2-4-18-8/h2-5H,1H3,(H2,13,15)(H,14,16,17). The first-order chi connectivity index (χ1) is 9.63. The van der Waals surface area contributed by atoms with E-state index >= 15 is 0 Å². The van der Waals surface area contributed by atoms with Gasteiger partial charge in [0.05, 0.1) is 22.5 Å². The fraction of sp³-hybridized carbons (Fsp3) is 0.0833. The van der Waals surface area contributed by atoms with E-state index in [0.717, 1.165) is 16.3 Å². The van der Waals surface area contributed by atoms with E-state index in [0.29, 0.717) is 10.3 Å². The molecule has 0 unspecified atom stereocenters. The van der Waals surface area contributed by atoms with Crippen LogP contribution in [0.1, 0.15) is 16.2 Å². The van der Waals surface area contributed by atoms with Crippen LogP contribution in [0.2, 0.25) is 0 Å². The maximum absolute atomic E-state index is 11.9. The lowest BCUT2D eigenvalue weighted by molar-refractivity contribution is 0.0996. The van der Waals surface area contributed by atoms with Crippen molar-refractivity contribution in [3.05, 3.63) is 35.2 Å². The summed E-state index contributed by atoms with van der Waals surface area (Å²) in [5.41, 5.74) is 7.21. The van der Waals surface area contributed by atoms with Crippen LogP contribution in [0.3, 0.4) is 0 Å². The van der Waals surface area contributed by atoms with Crippen molar-refractivity contribution in [2.45, 2.75) is 6.92 Å². The summed E-state index contributed by atoms with van der Waals surface area (Å²) in [7, 11) is 0. The van der Waals surface area contributed by atoms with Crippen LogP contribution in [0.5, 0.6) is 0 Å². The van der Waals surface area contributed by atoms with E-state index in [1.54, 1.807) is 12.1 Å². The third kappa shape index (κ3) is 2.43. The number of carbonyl (C=O) groups excluding carboxylic acids is 1. The van der Waals surface area contributed by atoms with Crippen molar-refractivity contribution in [2.75, 3.05) is 11.1 Å². The summed E-state index contributed by atoms with van der Waals surface area (Å²) >= 11 is 2.73. The fourth-order valence-corrected chi connectivity index (χ4v) is 3.20. The summed E-state index contributed by atoms with van der Waals surface area (Å²) in [6.45, 7) is 1.86. The SMILES string of the molecule is Cc1nc(NC(=O)c2ccco2)sc1-c1csc(N)n1. The normalized spacial score (nSPS) is 10.7. The van der Waals surface area contributed by atoms with Crippen molar-refractivity contribution in [3.63, 3.8) is 0 Å². The van der Waals surface area contributed by atoms with E-state index in [1.165, 1.54) is 28.9 Å². The Hall–Kier alpha value is -2.19. The van der Waals surface area contributed by atoms with Gasteiger partial charge in [0.2, 0.25) is 0 Å². The summed E-state index contributed by atoms with van der Waals surface area (Å²) < 4.78 is 5.03. The summed E-state index contributed by atoms with van der Waals surface area (Å²) in [6, 6.07) is 3.25. The van der Waals surface area contributed by atoms with Crippen LogP contribution in [0, 0.1) is 6.92 Å². The number of rotatable bonds is 3. The highest BCUT2D eigenvalue weighted by Gasteiger charge is 2.15. The highest BCUT2D eigenvalue weighted by Crippen LogP contribution is 2.33. The minimum Gasteiger partial charge on any atom is -0.459 e. The monoisotopic (exact) mass is 306 g/mol. The number of aryl methyl sites for hydroxylation is 1. The summed E-state index contributed by atoms with van der Waals surface area (Å²) in [5.74, 6) is -0.0783. The van der Waals surface area contributed by atoms with Gasteiger partial charge in [-0.3, -0.25) is 10.1 Å². The van der Waals surface area contributed by atoms with Gasteiger partial charge in [-0.15, -0.1) is 11.3 Å². The smallest absolute Gasteiger partial charge is 0.293 e. The Kier molecular flexibility index (Phi) is 3.25. The maximum Gasteiger partial charge on any atom is 0.293 e. The van der Waals surface area contributed by atoms with Gasteiger partial charge in [-0.25, -0.2) is 9.97 Å². The number of amides is 1. The van der Waals surface area contributed by atoms with Gasteiger partial charge in [0.15, 0.2) is 16.0 Å². The van der Waals surface area contributed by atoms with Crippen LogP contribution in [0.25, 0.3) is 10.6 Å². The average molecular weight is 306 g/mol. The van der Waals surface area contributed by atoms with Gasteiger partial charge >= 0.3 is 0 Å². The molecule has 3 N–H and O–H groups in total. The number of furan rings is 1. The lowest BCUT2D eigenvalue weighted by Gasteiger charge is -1.96. The number of nitrogen functional groups attached to an aromatic ring is 1. The number of hydrogen-bond acceptors (Lipinski definition) is 7. The van der Waals surface area contributed by atoms with E-state index in [1.807, 2.05) is 12.3 Å². The number of aromatic nitrogens is 2. The van der Waals surface area contributed by atoms with Gasteiger partial charge in [0.25, 0.3) is 5.91 Å². The van der Waals surface area contributed by atoms with Crippen molar-refractivity contribution < 1.29 is 9.21 Å². The number of nitrogens with one attached hydrogen (secondary N) is 1. The zero-order valence-corrected chi connectivity index (χ0v) is 12.0. The highest BCUT2D eigenvalue weighted by molar-refractivity contribution is 7.19. The third-order valence-electron chi connectivity index (χ3n) is 2.52. The lowest BCUT2D eigenvalue weighted by Crippen LogP contribution is -2.10. The molecule has 0 aromatic carbocycles. The molecule has 0 spiro atoms. The number of nitrogens with zero attached hydrogens (tertiary/aromatic N) is 2. The summed E-state index contributed by atoms with van der Waals surface area (Å²) in [5, 5.41) is 5.58. The average Bonchev–Trinajstić information content (AvgIpc) is 3.10. The second-order valence-corrected chi connectivity index (χ2v) is 5.82. The summed E-state index contributed by atoms with van der Waals surface area (Å²) in [6.07, 6.45) is 1.45. The molecule has 8 heteroatoms. The van der Waals surface area contributed by atoms with Gasteiger partial charge in [-0.2, -0.15) is 0 Å². The maximum atomic E-state index is 11.9. The van der Waals surface area contributed by atoms with Crippen LogP contribution < -0.4 is 11.1 Å². The summed E-state index contributed by atoms with van der Waals surface area (Å²) in [4.78, 5) is 21.3. The minimum atomic E-state index is -0.326. The predicted molar refractivity (Wildman–Crippen MR) is 79.0 cm³/mol. The molecule has 0 aliphatic heterocycles. The zero-order valence-electron chi connectivity index (χ0n) is 10.4. The van der Waals surface area contributed by atoms with Crippen LogP contribution >= 0.6 is 22.7 Å². The number of thiazole rings is 2. The molecule has 0 bridgehead atoms. The van der Waals surface area contributed by atoms with E-state index in [2.05, 4.69) is 15.3 Å². The molecule has 102 valence electrons. The van der Waals surface area contributed by atoms with Crippen molar-refractivity contribution in [1.82, 2.24) is 9.97 Å². The van der Waals surface area contributed by atoms with Crippen molar-refractivity contribution in [2.24, 2.45) is 0 Å². The van der Waals surface area contributed by atoms with Crippen molar-refractivity contribution in [1.29, 1.82) is 0 Å². The molecule has 3 heterocycles. The Morgan fingerprint density at radius 1 is 1.45 bits per heavy atom. The molecule has 0 aliphatic rings. The second-order valence-electron chi connectivity index (χ2n) is 3.94. The van der Waals surface area contributed by atoms with Crippen molar-refractivity contribution in [3.8, 4) is 10.6 Å². The van der Waals surface area contributed by atoms with Gasteiger partial charge < -0.3 is 10.2 Å². The van der Waals surface area contributed by atoms with Gasteiger partial charge in [0, 0.05) is 5.38 Å². The van der Waals surface area contributed by atoms with E-state index < -0.39 is 0 Å². The lowest BCUT2D eigenvalue weighted by atomic mass is 10.3. The topological polar surface area (TPSA) is 94.0 Å². The number of nitrogens with two attached hydrogens (primary N) is 1. The molecule has 0 aliphatic carbocycles. The molecule has 3 aromatic rings. The fourth-order valence-electron chi connectivity index (χ4n) is 1.65. The zero-order chi connectivity index (χ0) is 14.1. The molecular formula is C12H10N4O2S2. The first-order valence-electron chi connectivity index (χ1n) is 5.67. The molecule has 0 saturated carbocycles. The predicted octanol–water partition coefficient (Wildman–Crippen LogP) is 3.00. The molecule has 20 heavy (non-hydrogen) atoms. The Balaban J connectivity index is 1.84. The number of carbonyl (C=O) groups is 1. The molecule has 0 radical (unpaired) electrons. The van der Waals surface area contributed by atoms with Gasteiger partial charge in [0.1, 0.15) is 0 Å². The minimum absolute atomic E-state index is 0.248. The van der Waals surface area contributed by atoms with E-state index in [9.17, 15) is 4.79 Å². The molecule has 0 fully saturated rings. The Labute approximate surface area is 122 Å². The van der Waals surface area contributed by atoms with Crippen LogP contribution in [-0.4, -0.2) is 15.9 Å². The molecule has 1 amide bonds. The molecular weight excluding hydrogens is 296 g/mol. The van der Waals surface area contributed by atoms with Crippen LogP contribution in [0.4, 0.5) is 10.3 Å². The molecule has 3 aromatic heterocycles. The molecule has 6 nitrogen and oxygen atoms in total. The number of anilines is 2. The quantitative estimate of drug-likeness (QED) is 0.775. The van der Waals surface area contributed by atoms with Gasteiger partial charge in [-0.1, -0.05) is 11.3 Å². The highest BCUT2D eigenvalue weighted by atomic mass is 32.1.